The van der Waals surface area contributed by atoms with E-state index in [9.17, 15) is 4.79 Å². The number of para-hydroxylation sites is 2. The molecule has 8 heteroatoms. The number of aromatic amines is 2. The fourth-order valence-corrected chi connectivity index (χ4v) is 3.63. The number of fused-ring (bicyclic) bond motifs is 2. The Kier molecular flexibility index (Phi) is 3.34. The molecule has 0 radical (unpaired) electrons. The van der Waals surface area contributed by atoms with Crippen molar-refractivity contribution in [1.82, 2.24) is 29.9 Å². The maximum absolute atomic E-state index is 12.3. The summed E-state index contributed by atoms with van der Waals surface area (Å²) in [6.45, 7) is 0. The Balaban J connectivity index is 1.51. The number of rotatable bonds is 4. The Labute approximate surface area is 164 Å². The fourth-order valence-electron chi connectivity index (χ4n) is 3.63. The van der Waals surface area contributed by atoms with Crippen LogP contribution >= 0.6 is 0 Å². The number of hydrogen-bond acceptors (Lipinski definition) is 5. The van der Waals surface area contributed by atoms with Gasteiger partial charge >= 0.3 is 0 Å². The zero-order valence-corrected chi connectivity index (χ0v) is 15.4. The van der Waals surface area contributed by atoms with E-state index in [0.29, 0.717) is 28.9 Å². The molecular weight excluding hydrogens is 366 g/mol. The summed E-state index contributed by atoms with van der Waals surface area (Å²) in [6, 6.07) is 17.2. The molecule has 1 fully saturated rings. The second kappa shape index (κ2) is 6.03. The number of hydrogen-bond donors (Lipinski definition) is 3. The summed E-state index contributed by atoms with van der Waals surface area (Å²) in [6.07, 6.45) is 2.41. The number of benzene rings is 2. The highest BCUT2D eigenvalue weighted by Gasteiger charge is 2.25. The molecular formula is C21H17N7O. The van der Waals surface area contributed by atoms with Crippen molar-refractivity contribution in [3.63, 3.8) is 0 Å². The smallest absolute Gasteiger partial charge is 0.272 e. The molecule has 1 aliphatic carbocycles. The lowest BCUT2D eigenvalue weighted by Gasteiger charge is -2.10. The predicted octanol–water partition coefficient (Wildman–Crippen LogP) is 3.61. The first kappa shape index (κ1) is 16.1. The van der Waals surface area contributed by atoms with Gasteiger partial charge in [-0.3, -0.25) is 15.0 Å². The highest BCUT2D eigenvalue weighted by atomic mass is 16.1. The first-order valence-corrected chi connectivity index (χ1v) is 9.55. The molecule has 1 aliphatic rings. The maximum Gasteiger partial charge on any atom is 0.272 e. The van der Waals surface area contributed by atoms with Crippen molar-refractivity contribution >= 4 is 33.4 Å². The summed E-state index contributed by atoms with van der Waals surface area (Å²) in [5, 5.41) is 15.1. The van der Waals surface area contributed by atoms with Crippen LogP contribution in [0.5, 0.6) is 0 Å². The van der Waals surface area contributed by atoms with Gasteiger partial charge in [0.05, 0.1) is 16.4 Å². The summed E-state index contributed by atoms with van der Waals surface area (Å²) in [4.78, 5) is 21.7. The lowest BCUT2D eigenvalue weighted by molar-refractivity contribution is 0.829. The molecule has 1 saturated carbocycles. The lowest BCUT2D eigenvalue weighted by Crippen LogP contribution is -2.09. The Bertz CT molecular complexity index is 1420. The maximum atomic E-state index is 12.3. The predicted molar refractivity (Wildman–Crippen MR) is 111 cm³/mol. The molecule has 0 unspecified atom stereocenters. The minimum atomic E-state index is -0.173. The van der Waals surface area contributed by atoms with Gasteiger partial charge in [0.2, 0.25) is 0 Å². The van der Waals surface area contributed by atoms with Crippen LogP contribution in [0.1, 0.15) is 24.5 Å². The normalized spacial score (nSPS) is 13.9. The number of H-pyrrole nitrogens is 2. The fraction of sp³-hybridized carbons (Fsp3) is 0.143. The average molecular weight is 383 g/mol. The van der Waals surface area contributed by atoms with E-state index in [1.807, 2.05) is 48.5 Å². The molecule has 0 spiro atoms. The highest BCUT2D eigenvalue weighted by molar-refractivity contribution is 5.91. The van der Waals surface area contributed by atoms with Crippen LogP contribution in [0.3, 0.4) is 0 Å². The molecule has 6 rings (SSSR count). The van der Waals surface area contributed by atoms with Crippen molar-refractivity contribution in [2.24, 2.45) is 0 Å². The Hall–Kier alpha value is -3.94. The minimum absolute atomic E-state index is 0.173. The molecule has 8 nitrogen and oxygen atoms in total. The van der Waals surface area contributed by atoms with Crippen LogP contribution < -0.4 is 10.9 Å². The second-order valence-corrected chi connectivity index (χ2v) is 7.29. The van der Waals surface area contributed by atoms with Crippen molar-refractivity contribution in [1.29, 1.82) is 0 Å². The zero-order valence-electron chi connectivity index (χ0n) is 15.4. The van der Waals surface area contributed by atoms with E-state index >= 15 is 0 Å². The minimum Gasteiger partial charge on any atom is -0.323 e. The molecule has 142 valence electrons. The Morgan fingerprint density at radius 1 is 1.00 bits per heavy atom. The van der Waals surface area contributed by atoms with Gasteiger partial charge in [0, 0.05) is 23.1 Å². The molecule has 5 aromatic rings. The van der Waals surface area contributed by atoms with Gasteiger partial charge < -0.3 is 5.32 Å². The molecule has 29 heavy (non-hydrogen) atoms. The molecule has 0 saturated heterocycles. The number of aromatic nitrogens is 6. The third-order valence-corrected chi connectivity index (χ3v) is 5.26. The average Bonchev–Trinajstić information content (AvgIpc) is 3.41. The summed E-state index contributed by atoms with van der Waals surface area (Å²) in [5.41, 5.74) is 2.48. The standard InChI is InChI=1S/C21H17N7O/c29-20-14-6-2-4-8-17(14)28(27-20)21-22-15-7-3-1-5-13(15)19(24-21)23-18-11-16(25-26-18)12-9-10-12/h1-8,11-12H,9-10H2,(H,27,29)(H2,22,23,24,25,26). The largest absolute Gasteiger partial charge is 0.323 e. The molecule has 0 bridgehead atoms. The van der Waals surface area contributed by atoms with Gasteiger partial charge in [-0.05, 0) is 37.1 Å². The van der Waals surface area contributed by atoms with Gasteiger partial charge in [0.25, 0.3) is 11.5 Å². The molecule has 3 heterocycles. The van der Waals surface area contributed by atoms with Crippen molar-refractivity contribution < 1.29 is 0 Å². The van der Waals surface area contributed by atoms with Gasteiger partial charge in [-0.25, -0.2) is 9.67 Å². The summed E-state index contributed by atoms with van der Waals surface area (Å²) in [7, 11) is 0. The van der Waals surface area contributed by atoms with Crippen LogP contribution in [0.15, 0.2) is 59.4 Å². The van der Waals surface area contributed by atoms with Gasteiger partial charge in [0.1, 0.15) is 5.82 Å². The molecule has 0 atom stereocenters. The first-order valence-electron chi connectivity index (χ1n) is 9.55. The van der Waals surface area contributed by atoms with Gasteiger partial charge in [-0.15, -0.1) is 0 Å². The Morgan fingerprint density at radius 2 is 1.79 bits per heavy atom. The topological polar surface area (TPSA) is 104 Å². The molecule has 2 aromatic carbocycles. The Morgan fingerprint density at radius 3 is 2.66 bits per heavy atom. The van der Waals surface area contributed by atoms with Crippen molar-refractivity contribution in [2.45, 2.75) is 18.8 Å². The van der Waals surface area contributed by atoms with Crippen LogP contribution in [0.2, 0.25) is 0 Å². The quantitative estimate of drug-likeness (QED) is 0.440. The van der Waals surface area contributed by atoms with Crippen LogP contribution in [-0.2, 0) is 0 Å². The zero-order chi connectivity index (χ0) is 19.4. The van der Waals surface area contributed by atoms with Crippen LogP contribution in [0.25, 0.3) is 27.8 Å². The van der Waals surface area contributed by atoms with E-state index in [0.717, 1.165) is 22.1 Å². The van der Waals surface area contributed by atoms with E-state index in [1.54, 1.807) is 10.7 Å². The third kappa shape index (κ3) is 2.68. The first-order chi connectivity index (χ1) is 14.3. The third-order valence-electron chi connectivity index (χ3n) is 5.26. The van der Waals surface area contributed by atoms with E-state index in [-0.39, 0.29) is 5.56 Å². The van der Waals surface area contributed by atoms with E-state index in [1.165, 1.54) is 12.8 Å². The summed E-state index contributed by atoms with van der Waals surface area (Å²) in [5.74, 6) is 2.33. The van der Waals surface area contributed by atoms with E-state index < -0.39 is 0 Å². The molecule has 0 aliphatic heterocycles. The number of nitrogens with zero attached hydrogens (tertiary/aromatic N) is 4. The van der Waals surface area contributed by atoms with Gasteiger partial charge in [0.15, 0.2) is 5.82 Å². The monoisotopic (exact) mass is 383 g/mol. The highest BCUT2D eigenvalue weighted by Crippen LogP contribution is 2.39. The number of nitrogens with one attached hydrogen (secondary N) is 3. The summed E-state index contributed by atoms with van der Waals surface area (Å²) < 4.78 is 1.62. The van der Waals surface area contributed by atoms with Crippen LogP contribution in [0, 0.1) is 0 Å². The van der Waals surface area contributed by atoms with E-state index in [4.69, 9.17) is 4.98 Å². The summed E-state index contributed by atoms with van der Waals surface area (Å²) >= 11 is 0. The molecule has 3 N–H and O–H groups in total. The molecule has 0 amide bonds. The van der Waals surface area contributed by atoms with Gasteiger partial charge in [-0.1, -0.05) is 24.3 Å². The lowest BCUT2D eigenvalue weighted by atomic mass is 10.2. The van der Waals surface area contributed by atoms with E-state index in [2.05, 4.69) is 25.6 Å². The number of anilines is 2. The van der Waals surface area contributed by atoms with Crippen molar-refractivity contribution in [2.75, 3.05) is 5.32 Å². The SMILES string of the molecule is O=c1[nH]n(-c2nc(Nc3cc(C4CC4)[nH]n3)c3ccccc3n2)c2ccccc12. The van der Waals surface area contributed by atoms with Crippen LogP contribution in [0.4, 0.5) is 11.6 Å². The van der Waals surface area contributed by atoms with Crippen molar-refractivity contribution in [3.8, 4) is 5.95 Å². The second-order valence-electron chi connectivity index (χ2n) is 7.29. The molecule has 3 aromatic heterocycles. The van der Waals surface area contributed by atoms with Gasteiger partial charge in [-0.2, -0.15) is 10.1 Å². The van der Waals surface area contributed by atoms with Crippen molar-refractivity contribution in [3.05, 3.63) is 70.6 Å². The van der Waals surface area contributed by atoms with Crippen LogP contribution in [-0.4, -0.2) is 29.9 Å².